The lowest BCUT2D eigenvalue weighted by Gasteiger charge is -2.15. The number of aryl methyl sites for hydroxylation is 1. The van der Waals surface area contributed by atoms with E-state index >= 15 is 0 Å². The number of benzene rings is 2. The van der Waals surface area contributed by atoms with E-state index in [0.29, 0.717) is 11.3 Å². The SMILES string of the molecule is CNC(=O)c1ccc(NC(=O)N[C@H](C)CCc2ccccc2)cc1. The number of nitrogens with one attached hydrogen (secondary N) is 3. The normalized spacial score (nSPS) is 11.4. The summed E-state index contributed by atoms with van der Waals surface area (Å²) in [6.45, 7) is 1.98. The maximum atomic E-state index is 12.0. The van der Waals surface area contributed by atoms with Gasteiger partial charge in [-0.15, -0.1) is 0 Å². The monoisotopic (exact) mass is 325 g/mol. The van der Waals surface area contributed by atoms with E-state index in [0.717, 1.165) is 12.8 Å². The minimum absolute atomic E-state index is 0.0651. The molecule has 2 aromatic rings. The minimum atomic E-state index is -0.247. The van der Waals surface area contributed by atoms with Crippen molar-refractivity contribution in [3.63, 3.8) is 0 Å². The molecule has 0 bridgehead atoms. The summed E-state index contributed by atoms with van der Waals surface area (Å²) in [5.74, 6) is -0.152. The molecule has 5 heteroatoms. The second-order valence-corrected chi connectivity index (χ2v) is 5.68. The first-order valence-electron chi connectivity index (χ1n) is 8.02. The van der Waals surface area contributed by atoms with Gasteiger partial charge in [-0.3, -0.25) is 4.79 Å². The Balaban J connectivity index is 1.78. The molecule has 0 aromatic heterocycles. The van der Waals surface area contributed by atoms with Gasteiger partial charge in [0.15, 0.2) is 0 Å². The summed E-state index contributed by atoms with van der Waals surface area (Å²) >= 11 is 0. The van der Waals surface area contributed by atoms with Gasteiger partial charge in [0.2, 0.25) is 0 Å². The lowest BCUT2D eigenvalue weighted by Crippen LogP contribution is -2.36. The molecule has 0 spiro atoms. The van der Waals surface area contributed by atoms with Gasteiger partial charge in [-0.25, -0.2) is 4.79 Å². The zero-order chi connectivity index (χ0) is 17.4. The maximum Gasteiger partial charge on any atom is 0.319 e. The zero-order valence-electron chi connectivity index (χ0n) is 14.0. The largest absolute Gasteiger partial charge is 0.355 e. The standard InChI is InChI=1S/C19H23N3O2/c1-14(8-9-15-6-4-3-5-7-15)21-19(24)22-17-12-10-16(11-13-17)18(23)20-2/h3-7,10-14H,8-9H2,1-2H3,(H,20,23)(H2,21,22,24)/t14-/m1/s1. The molecule has 2 aromatic carbocycles. The van der Waals surface area contributed by atoms with E-state index < -0.39 is 0 Å². The van der Waals surface area contributed by atoms with Crippen molar-refractivity contribution in [2.24, 2.45) is 0 Å². The number of urea groups is 1. The molecule has 0 unspecified atom stereocenters. The van der Waals surface area contributed by atoms with Crippen LogP contribution in [0.2, 0.25) is 0 Å². The van der Waals surface area contributed by atoms with Gasteiger partial charge in [-0.05, 0) is 49.6 Å². The number of carbonyl (C=O) groups is 2. The topological polar surface area (TPSA) is 70.2 Å². The number of hydrogen-bond acceptors (Lipinski definition) is 2. The third-order valence-corrected chi connectivity index (χ3v) is 3.72. The van der Waals surface area contributed by atoms with Gasteiger partial charge in [-0.2, -0.15) is 0 Å². The molecule has 24 heavy (non-hydrogen) atoms. The molecule has 0 aliphatic carbocycles. The van der Waals surface area contributed by atoms with Crippen LogP contribution in [0.3, 0.4) is 0 Å². The smallest absolute Gasteiger partial charge is 0.319 e. The van der Waals surface area contributed by atoms with Crippen molar-refractivity contribution >= 4 is 17.6 Å². The summed E-state index contributed by atoms with van der Waals surface area (Å²) in [6.07, 6.45) is 1.79. The first-order chi connectivity index (χ1) is 11.6. The van der Waals surface area contributed by atoms with E-state index in [4.69, 9.17) is 0 Å². The maximum absolute atomic E-state index is 12.0. The van der Waals surface area contributed by atoms with Crippen LogP contribution in [0.25, 0.3) is 0 Å². The molecule has 0 aliphatic rings. The summed E-state index contributed by atoms with van der Waals surface area (Å²) in [5.41, 5.74) is 2.46. The van der Waals surface area contributed by atoms with Crippen LogP contribution in [-0.2, 0) is 6.42 Å². The fourth-order valence-corrected chi connectivity index (χ4v) is 2.34. The molecule has 3 amide bonds. The Hall–Kier alpha value is -2.82. The number of hydrogen-bond donors (Lipinski definition) is 3. The second kappa shape index (κ2) is 8.72. The van der Waals surface area contributed by atoms with Crippen molar-refractivity contribution in [1.29, 1.82) is 0 Å². The Morgan fingerprint density at radius 1 is 1.00 bits per heavy atom. The molecule has 5 nitrogen and oxygen atoms in total. The van der Waals surface area contributed by atoms with Crippen LogP contribution in [0, 0.1) is 0 Å². The zero-order valence-corrected chi connectivity index (χ0v) is 14.0. The van der Waals surface area contributed by atoms with Gasteiger partial charge in [-0.1, -0.05) is 30.3 Å². The summed E-state index contributed by atoms with van der Waals surface area (Å²) in [6, 6.07) is 16.8. The number of carbonyl (C=O) groups excluding carboxylic acids is 2. The van der Waals surface area contributed by atoms with Crippen molar-refractivity contribution in [2.75, 3.05) is 12.4 Å². The highest BCUT2D eigenvalue weighted by molar-refractivity contribution is 5.95. The fraction of sp³-hybridized carbons (Fsp3) is 0.263. The first-order valence-corrected chi connectivity index (χ1v) is 8.02. The average molecular weight is 325 g/mol. The molecule has 1 atom stereocenters. The summed E-state index contributed by atoms with van der Waals surface area (Å²) in [5, 5.41) is 8.25. The summed E-state index contributed by atoms with van der Waals surface area (Å²) in [4.78, 5) is 23.5. The third kappa shape index (κ3) is 5.43. The lowest BCUT2D eigenvalue weighted by molar-refractivity contribution is 0.0963. The fourth-order valence-electron chi connectivity index (χ4n) is 2.34. The molecule has 3 N–H and O–H groups in total. The predicted octanol–water partition coefficient (Wildman–Crippen LogP) is 3.19. The molecule has 126 valence electrons. The summed E-state index contributed by atoms with van der Waals surface area (Å²) in [7, 11) is 1.58. The number of rotatable bonds is 6. The predicted molar refractivity (Wildman–Crippen MR) is 96.2 cm³/mol. The molecule has 0 radical (unpaired) electrons. The molecular weight excluding hydrogens is 302 g/mol. The van der Waals surface area contributed by atoms with Crippen LogP contribution in [0.1, 0.15) is 29.3 Å². The molecular formula is C19H23N3O2. The van der Waals surface area contributed by atoms with Gasteiger partial charge >= 0.3 is 6.03 Å². The average Bonchev–Trinajstić information content (AvgIpc) is 2.60. The molecule has 0 aliphatic heterocycles. The van der Waals surface area contributed by atoms with E-state index in [-0.39, 0.29) is 18.0 Å². The Bertz CT molecular complexity index is 669. The van der Waals surface area contributed by atoms with Crippen molar-refractivity contribution in [3.8, 4) is 0 Å². The number of amides is 3. The number of anilines is 1. The van der Waals surface area contributed by atoms with Gasteiger partial charge in [0.05, 0.1) is 0 Å². The molecule has 0 saturated carbocycles. The van der Waals surface area contributed by atoms with Crippen LogP contribution in [0.15, 0.2) is 54.6 Å². The summed E-state index contributed by atoms with van der Waals surface area (Å²) < 4.78 is 0. The molecule has 0 heterocycles. The molecule has 2 rings (SSSR count). The van der Waals surface area contributed by atoms with Crippen molar-refractivity contribution in [2.45, 2.75) is 25.8 Å². The van der Waals surface area contributed by atoms with Crippen LogP contribution >= 0.6 is 0 Å². The second-order valence-electron chi connectivity index (χ2n) is 5.68. The Morgan fingerprint density at radius 2 is 1.67 bits per heavy atom. The van der Waals surface area contributed by atoms with Gasteiger partial charge < -0.3 is 16.0 Å². The Morgan fingerprint density at radius 3 is 2.29 bits per heavy atom. The highest BCUT2D eigenvalue weighted by atomic mass is 16.2. The van der Waals surface area contributed by atoms with E-state index in [1.165, 1.54) is 5.56 Å². The van der Waals surface area contributed by atoms with Gasteiger partial charge in [0.25, 0.3) is 5.91 Å². The quantitative estimate of drug-likeness (QED) is 0.763. The highest BCUT2D eigenvalue weighted by Crippen LogP contribution is 2.10. The van der Waals surface area contributed by atoms with Gasteiger partial charge in [0.1, 0.15) is 0 Å². The highest BCUT2D eigenvalue weighted by Gasteiger charge is 2.08. The van der Waals surface area contributed by atoms with E-state index in [9.17, 15) is 9.59 Å². The van der Waals surface area contributed by atoms with Crippen molar-refractivity contribution < 1.29 is 9.59 Å². The lowest BCUT2D eigenvalue weighted by atomic mass is 10.1. The van der Waals surface area contributed by atoms with Crippen LogP contribution in [-0.4, -0.2) is 25.0 Å². The minimum Gasteiger partial charge on any atom is -0.355 e. The van der Waals surface area contributed by atoms with E-state index in [2.05, 4.69) is 28.1 Å². The van der Waals surface area contributed by atoms with Gasteiger partial charge in [0, 0.05) is 24.3 Å². The van der Waals surface area contributed by atoms with E-state index in [1.54, 1.807) is 31.3 Å². The Labute approximate surface area is 142 Å². The molecule has 0 saturated heterocycles. The van der Waals surface area contributed by atoms with Crippen LogP contribution in [0.5, 0.6) is 0 Å². The van der Waals surface area contributed by atoms with Crippen LogP contribution in [0.4, 0.5) is 10.5 Å². The van der Waals surface area contributed by atoms with Crippen molar-refractivity contribution in [1.82, 2.24) is 10.6 Å². The third-order valence-electron chi connectivity index (χ3n) is 3.72. The van der Waals surface area contributed by atoms with E-state index in [1.807, 2.05) is 25.1 Å². The first kappa shape index (κ1) is 17.5. The molecule has 0 fully saturated rings. The van der Waals surface area contributed by atoms with Crippen molar-refractivity contribution in [3.05, 3.63) is 65.7 Å². The Kier molecular flexibility index (Phi) is 6.37. The van der Waals surface area contributed by atoms with Crippen LogP contribution < -0.4 is 16.0 Å².